The van der Waals surface area contributed by atoms with Crippen LogP contribution in [0.2, 0.25) is 0 Å². The zero-order chi connectivity index (χ0) is 30.1. The lowest BCUT2D eigenvalue weighted by atomic mass is 9.70. The standard InChI is InChI=1S/C43H31OP/c1-3-14-28(4-2)45(29-15-6-5-7-16-29)30-23-24-37-34(27-30)31-17-8-11-20-35(31)43(37)36-21-12-9-18-32(36)41-38(43)25-26-40-42(41)33-19-10-13-22-39(33)44-40/h3-27H,1-2H3. The van der Waals surface area contributed by atoms with E-state index in [-0.39, 0.29) is 0 Å². The fourth-order valence-corrected chi connectivity index (χ4v) is 10.5. The van der Waals surface area contributed by atoms with Crippen molar-refractivity contribution in [2.75, 3.05) is 0 Å². The third-order valence-corrected chi connectivity index (χ3v) is 12.3. The van der Waals surface area contributed by atoms with Crippen molar-refractivity contribution in [1.82, 2.24) is 0 Å². The van der Waals surface area contributed by atoms with Crippen LogP contribution in [0.15, 0.2) is 161 Å². The van der Waals surface area contributed by atoms with Crippen LogP contribution in [0.1, 0.15) is 36.1 Å². The summed E-state index contributed by atoms with van der Waals surface area (Å²) in [6.45, 7) is 4.28. The topological polar surface area (TPSA) is 13.1 Å². The highest BCUT2D eigenvalue weighted by Gasteiger charge is 2.52. The van der Waals surface area contributed by atoms with Crippen LogP contribution in [-0.2, 0) is 5.41 Å². The molecule has 0 aliphatic heterocycles. The van der Waals surface area contributed by atoms with E-state index in [0.29, 0.717) is 0 Å². The fourth-order valence-electron chi connectivity index (χ4n) is 8.07. The number of para-hydroxylation sites is 1. The number of allylic oxidation sites excluding steroid dienone is 4. The van der Waals surface area contributed by atoms with E-state index in [1.807, 2.05) is 0 Å². The van der Waals surface area contributed by atoms with Crippen molar-refractivity contribution >= 4 is 40.5 Å². The monoisotopic (exact) mass is 594 g/mol. The molecule has 2 aliphatic carbocycles. The van der Waals surface area contributed by atoms with Gasteiger partial charge < -0.3 is 4.42 Å². The van der Waals surface area contributed by atoms with Crippen LogP contribution in [0.4, 0.5) is 0 Å². The Kier molecular flexibility index (Phi) is 5.89. The summed E-state index contributed by atoms with van der Waals surface area (Å²) in [4.78, 5) is 0. The number of hydrogen-bond donors (Lipinski definition) is 0. The molecule has 45 heavy (non-hydrogen) atoms. The Morgan fingerprint density at radius 1 is 0.578 bits per heavy atom. The minimum Gasteiger partial charge on any atom is -0.456 e. The highest BCUT2D eigenvalue weighted by Crippen LogP contribution is 2.64. The van der Waals surface area contributed by atoms with Gasteiger partial charge in [0.2, 0.25) is 0 Å². The first-order chi connectivity index (χ1) is 22.3. The second-order valence-corrected chi connectivity index (χ2v) is 14.1. The predicted octanol–water partition coefficient (Wildman–Crippen LogP) is 10.8. The van der Waals surface area contributed by atoms with Crippen LogP contribution in [0.5, 0.6) is 0 Å². The molecule has 9 rings (SSSR count). The molecule has 7 aromatic rings. The van der Waals surface area contributed by atoms with E-state index in [1.54, 1.807) is 0 Å². The molecule has 2 heteroatoms. The number of rotatable bonds is 4. The molecule has 0 radical (unpaired) electrons. The van der Waals surface area contributed by atoms with Crippen LogP contribution >= 0.6 is 7.92 Å². The Labute approximate surface area is 264 Å². The van der Waals surface area contributed by atoms with Gasteiger partial charge in [-0.2, -0.15) is 0 Å². The largest absolute Gasteiger partial charge is 0.456 e. The molecule has 1 spiro atoms. The van der Waals surface area contributed by atoms with Crippen molar-refractivity contribution in [2.45, 2.75) is 19.3 Å². The molecule has 2 unspecified atom stereocenters. The summed E-state index contributed by atoms with van der Waals surface area (Å²) in [7, 11) is -0.720. The van der Waals surface area contributed by atoms with E-state index < -0.39 is 13.3 Å². The first-order valence-electron chi connectivity index (χ1n) is 15.7. The van der Waals surface area contributed by atoms with E-state index >= 15 is 0 Å². The third kappa shape index (κ3) is 3.54. The first-order valence-corrected chi connectivity index (χ1v) is 17.0. The molecule has 0 bridgehead atoms. The van der Waals surface area contributed by atoms with Crippen molar-refractivity contribution < 1.29 is 4.42 Å². The van der Waals surface area contributed by atoms with Crippen LogP contribution in [0.25, 0.3) is 44.2 Å². The minimum atomic E-state index is -0.720. The molecule has 0 saturated carbocycles. The van der Waals surface area contributed by atoms with Crippen LogP contribution in [0.3, 0.4) is 0 Å². The predicted molar refractivity (Wildman–Crippen MR) is 191 cm³/mol. The summed E-state index contributed by atoms with van der Waals surface area (Å²) in [5, 5.41) is 6.49. The van der Waals surface area contributed by atoms with E-state index in [0.717, 1.165) is 11.2 Å². The third-order valence-electron chi connectivity index (χ3n) is 9.74. The van der Waals surface area contributed by atoms with Crippen molar-refractivity contribution in [3.05, 3.63) is 179 Å². The maximum absolute atomic E-state index is 6.41. The Bertz CT molecular complexity index is 2360. The van der Waals surface area contributed by atoms with Crippen molar-refractivity contribution in [3.63, 3.8) is 0 Å². The zero-order valence-corrected chi connectivity index (χ0v) is 26.2. The van der Waals surface area contributed by atoms with Crippen LogP contribution in [0, 0.1) is 0 Å². The second-order valence-electron chi connectivity index (χ2n) is 11.9. The molecule has 1 aromatic heterocycles. The SMILES string of the molecule is CC=CC(=CC)P(c1ccccc1)c1ccc2c(c1)-c1ccccc1C21c2ccccc2-c2c1ccc1oc3ccccc3c21. The van der Waals surface area contributed by atoms with Gasteiger partial charge in [-0.1, -0.05) is 133 Å². The lowest BCUT2D eigenvalue weighted by molar-refractivity contribution is 0.668. The van der Waals surface area contributed by atoms with Gasteiger partial charge in [0.1, 0.15) is 11.2 Å². The van der Waals surface area contributed by atoms with Gasteiger partial charge in [0.05, 0.1) is 5.41 Å². The highest BCUT2D eigenvalue weighted by molar-refractivity contribution is 7.77. The number of fused-ring (bicyclic) bond motifs is 14. The van der Waals surface area contributed by atoms with Gasteiger partial charge in [0.25, 0.3) is 0 Å². The number of benzene rings is 6. The van der Waals surface area contributed by atoms with E-state index in [4.69, 9.17) is 4.42 Å². The quantitative estimate of drug-likeness (QED) is 0.146. The summed E-state index contributed by atoms with van der Waals surface area (Å²) in [6, 6.07) is 49.5. The Balaban J connectivity index is 1.37. The summed E-state index contributed by atoms with van der Waals surface area (Å²) in [6.07, 6.45) is 6.73. The maximum Gasteiger partial charge on any atom is 0.136 e. The molecule has 1 heterocycles. The van der Waals surface area contributed by atoms with Crippen LogP contribution in [-0.4, -0.2) is 0 Å². The van der Waals surface area contributed by atoms with Gasteiger partial charge in [0, 0.05) is 10.8 Å². The molecule has 0 amide bonds. The van der Waals surface area contributed by atoms with Gasteiger partial charge in [0.15, 0.2) is 0 Å². The smallest absolute Gasteiger partial charge is 0.136 e. The first kappa shape index (κ1) is 26.4. The van der Waals surface area contributed by atoms with Crippen molar-refractivity contribution in [2.24, 2.45) is 0 Å². The van der Waals surface area contributed by atoms with Crippen molar-refractivity contribution in [1.29, 1.82) is 0 Å². The molecule has 0 N–H and O–H groups in total. The molecule has 6 aromatic carbocycles. The summed E-state index contributed by atoms with van der Waals surface area (Å²) in [5.41, 5.74) is 12.2. The molecule has 214 valence electrons. The fraction of sp³-hybridized carbons (Fsp3) is 0.0698. The Morgan fingerprint density at radius 3 is 2.04 bits per heavy atom. The molecular weight excluding hydrogens is 563 g/mol. The minimum absolute atomic E-state index is 0.398. The summed E-state index contributed by atoms with van der Waals surface area (Å²) in [5.74, 6) is 0. The average molecular weight is 595 g/mol. The van der Waals surface area contributed by atoms with E-state index in [2.05, 4.69) is 166 Å². The van der Waals surface area contributed by atoms with E-state index in [9.17, 15) is 0 Å². The molecule has 1 nitrogen and oxygen atoms in total. The lowest BCUT2D eigenvalue weighted by Gasteiger charge is -2.30. The number of hydrogen-bond acceptors (Lipinski definition) is 1. The molecule has 2 aliphatic rings. The van der Waals surface area contributed by atoms with Crippen molar-refractivity contribution in [3.8, 4) is 22.3 Å². The average Bonchev–Trinajstić information content (AvgIpc) is 3.72. The van der Waals surface area contributed by atoms with Gasteiger partial charge >= 0.3 is 0 Å². The Morgan fingerprint density at radius 2 is 1.24 bits per heavy atom. The molecule has 2 atom stereocenters. The Hall–Kier alpha value is -4.97. The van der Waals surface area contributed by atoms with Gasteiger partial charge in [-0.25, -0.2) is 0 Å². The molecule has 0 fully saturated rings. The summed E-state index contributed by atoms with van der Waals surface area (Å²) < 4.78 is 6.41. The van der Waals surface area contributed by atoms with Gasteiger partial charge in [-0.05, 0) is 100 Å². The molecule has 0 saturated heterocycles. The van der Waals surface area contributed by atoms with Crippen LogP contribution < -0.4 is 10.6 Å². The second kappa shape index (κ2) is 10.0. The normalized spacial score (nSPS) is 17.2. The van der Waals surface area contributed by atoms with E-state index in [1.165, 1.54) is 71.2 Å². The summed E-state index contributed by atoms with van der Waals surface area (Å²) >= 11 is 0. The maximum atomic E-state index is 6.41. The van der Waals surface area contributed by atoms with Gasteiger partial charge in [-0.15, -0.1) is 0 Å². The lowest BCUT2D eigenvalue weighted by Crippen LogP contribution is -2.26. The zero-order valence-electron chi connectivity index (χ0n) is 25.3. The molecular formula is C43H31OP. The van der Waals surface area contributed by atoms with Gasteiger partial charge in [-0.3, -0.25) is 0 Å². The highest BCUT2D eigenvalue weighted by atomic mass is 31.1. The number of furan rings is 1.